The number of rotatable bonds is 5. The van der Waals surface area contributed by atoms with E-state index in [4.69, 9.17) is 16.7 Å². The maximum Gasteiger partial charge on any atom is 0.243 e. The fraction of sp³-hybridized carbons (Fsp3) is 0.538. The Bertz CT molecular complexity index is 624. The summed E-state index contributed by atoms with van der Waals surface area (Å²) < 4.78 is 41.3. The molecular formula is C13H17ClFNO3S2. The van der Waals surface area contributed by atoms with Gasteiger partial charge in [0, 0.05) is 21.9 Å². The summed E-state index contributed by atoms with van der Waals surface area (Å²) in [5, 5.41) is 9.57. The Labute approximate surface area is 133 Å². The number of hydrogen-bond acceptors (Lipinski definition) is 4. The molecule has 2 N–H and O–H groups in total. The maximum atomic E-state index is 14.1. The first-order valence-corrected chi connectivity index (χ1v) is 9.66. The number of halogens is 2. The van der Waals surface area contributed by atoms with Crippen LogP contribution >= 0.6 is 23.4 Å². The van der Waals surface area contributed by atoms with Crippen LogP contribution in [-0.4, -0.2) is 31.1 Å². The third-order valence-electron chi connectivity index (χ3n) is 3.58. The van der Waals surface area contributed by atoms with E-state index in [9.17, 15) is 12.8 Å². The third kappa shape index (κ3) is 3.90. The predicted molar refractivity (Wildman–Crippen MR) is 82.6 cm³/mol. The second-order valence-electron chi connectivity index (χ2n) is 5.02. The van der Waals surface area contributed by atoms with E-state index in [1.54, 1.807) is 11.8 Å². The van der Waals surface area contributed by atoms with Gasteiger partial charge in [0.1, 0.15) is 10.7 Å². The van der Waals surface area contributed by atoms with E-state index in [1.165, 1.54) is 6.07 Å². The fourth-order valence-electron chi connectivity index (χ4n) is 2.47. The smallest absolute Gasteiger partial charge is 0.243 e. The summed E-state index contributed by atoms with van der Waals surface area (Å²) in [7, 11) is -3.99. The average Bonchev–Trinajstić information content (AvgIpc) is 2.87. The van der Waals surface area contributed by atoms with Crippen molar-refractivity contribution in [3.63, 3.8) is 0 Å². The number of aliphatic hydroxyl groups excluding tert-OH is 1. The molecule has 0 aliphatic heterocycles. The predicted octanol–water partition coefficient (Wildman–Crippen LogP) is 2.53. The zero-order valence-electron chi connectivity index (χ0n) is 11.5. The van der Waals surface area contributed by atoms with Crippen molar-refractivity contribution < 1.29 is 17.9 Å². The van der Waals surface area contributed by atoms with Crippen LogP contribution in [-0.2, 0) is 16.6 Å². The van der Waals surface area contributed by atoms with Crippen LogP contribution in [0, 0.1) is 5.82 Å². The summed E-state index contributed by atoms with van der Waals surface area (Å²) in [6.45, 7) is -0.604. The molecular weight excluding hydrogens is 337 g/mol. The molecule has 0 spiro atoms. The van der Waals surface area contributed by atoms with Crippen molar-refractivity contribution >= 4 is 33.4 Å². The molecule has 4 nitrogen and oxygen atoms in total. The Morgan fingerprint density at radius 3 is 2.76 bits per heavy atom. The highest BCUT2D eigenvalue weighted by molar-refractivity contribution is 7.99. The van der Waals surface area contributed by atoms with Gasteiger partial charge in [-0.15, -0.1) is 0 Å². The Balaban J connectivity index is 2.26. The standard InChI is InChI=1S/C13H17ClFNO3S2/c1-20-11-3-2-10(6-11)16-21(18,19)12-5-9(14)4-8(7-17)13(12)15/h4-5,10-11,16-17H,2-3,6-7H2,1H3. The van der Waals surface area contributed by atoms with Gasteiger partial charge in [-0.05, 0) is 37.7 Å². The monoisotopic (exact) mass is 353 g/mol. The van der Waals surface area contributed by atoms with Gasteiger partial charge in [0.15, 0.2) is 0 Å². The van der Waals surface area contributed by atoms with Crippen molar-refractivity contribution in [1.29, 1.82) is 0 Å². The van der Waals surface area contributed by atoms with Gasteiger partial charge >= 0.3 is 0 Å². The van der Waals surface area contributed by atoms with Crippen LogP contribution in [0.3, 0.4) is 0 Å². The number of benzene rings is 1. The van der Waals surface area contributed by atoms with Crippen molar-refractivity contribution in [1.82, 2.24) is 4.72 Å². The SMILES string of the molecule is CSC1CCC(NS(=O)(=O)c2cc(Cl)cc(CO)c2F)C1. The van der Waals surface area contributed by atoms with Crippen LogP contribution in [0.25, 0.3) is 0 Å². The van der Waals surface area contributed by atoms with E-state index in [0.29, 0.717) is 5.25 Å². The quantitative estimate of drug-likeness (QED) is 0.853. The molecule has 1 aromatic carbocycles. The fourth-order valence-corrected chi connectivity index (χ4v) is 5.00. The highest BCUT2D eigenvalue weighted by atomic mass is 35.5. The molecule has 1 aliphatic carbocycles. The van der Waals surface area contributed by atoms with Crippen LogP contribution in [0.5, 0.6) is 0 Å². The second kappa shape index (κ2) is 6.83. The number of hydrogen-bond donors (Lipinski definition) is 2. The molecule has 118 valence electrons. The summed E-state index contributed by atoms with van der Waals surface area (Å²) in [5.41, 5.74) is -0.128. The minimum absolute atomic E-state index is 0.0780. The molecule has 1 aromatic rings. The van der Waals surface area contributed by atoms with E-state index >= 15 is 0 Å². The molecule has 0 aromatic heterocycles. The van der Waals surface area contributed by atoms with Crippen molar-refractivity contribution in [2.75, 3.05) is 6.26 Å². The molecule has 1 aliphatic rings. The molecule has 2 rings (SSSR count). The topological polar surface area (TPSA) is 66.4 Å². The Hall–Kier alpha value is -0.340. The summed E-state index contributed by atoms with van der Waals surface area (Å²) >= 11 is 7.50. The minimum atomic E-state index is -3.99. The average molecular weight is 354 g/mol. The summed E-state index contributed by atoms with van der Waals surface area (Å²) in [6, 6.07) is 2.10. The lowest BCUT2D eigenvalue weighted by Gasteiger charge is -2.15. The van der Waals surface area contributed by atoms with E-state index in [1.807, 2.05) is 6.26 Å². The summed E-state index contributed by atoms with van der Waals surface area (Å²) in [6.07, 6.45) is 4.40. The van der Waals surface area contributed by atoms with Crippen LogP contribution in [0.1, 0.15) is 24.8 Å². The number of aliphatic hydroxyl groups is 1. The van der Waals surface area contributed by atoms with E-state index in [0.717, 1.165) is 25.3 Å². The van der Waals surface area contributed by atoms with Crippen LogP contribution in [0.4, 0.5) is 4.39 Å². The van der Waals surface area contributed by atoms with Crippen molar-refractivity contribution in [2.45, 2.75) is 42.1 Å². The van der Waals surface area contributed by atoms with Gasteiger partial charge in [-0.3, -0.25) is 0 Å². The minimum Gasteiger partial charge on any atom is -0.392 e. The first-order chi connectivity index (χ1) is 9.87. The van der Waals surface area contributed by atoms with Gasteiger partial charge in [0.05, 0.1) is 6.61 Å². The summed E-state index contributed by atoms with van der Waals surface area (Å²) in [4.78, 5) is -0.508. The number of sulfonamides is 1. The lowest BCUT2D eigenvalue weighted by molar-refractivity contribution is 0.274. The first-order valence-electron chi connectivity index (χ1n) is 6.51. The third-order valence-corrected chi connectivity index (χ3v) is 6.41. The van der Waals surface area contributed by atoms with Crippen LogP contribution in [0.2, 0.25) is 5.02 Å². The molecule has 1 fully saturated rings. The molecule has 0 bridgehead atoms. The van der Waals surface area contributed by atoms with E-state index < -0.39 is 27.3 Å². The molecule has 0 heterocycles. The van der Waals surface area contributed by atoms with E-state index in [-0.39, 0.29) is 16.6 Å². The van der Waals surface area contributed by atoms with Crippen molar-refractivity contribution in [3.05, 3.63) is 28.5 Å². The Morgan fingerprint density at radius 1 is 1.48 bits per heavy atom. The highest BCUT2D eigenvalue weighted by Crippen LogP contribution is 2.30. The number of thioether (sulfide) groups is 1. The van der Waals surface area contributed by atoms with Gasteiger partial charge in [0.25, 0.3) is 0 Å². The van der Waals surface area contributed by atoms with Crippen molar-refractivity contribution in [2.24, 2.45) is 0 Å². The molecule has 1 saturated carbocycles. The summed E-state index contributed by atoms with van der Waals surface area (Å²) in [5.74, 6) is -0.950. The van der Waals surface area contributed by atoms with Crippen molar-refractivity contribution in [3.8, 4) is 0 Å². The van der Waals surface area contributed by atoms with Gasteiger partial charge in [-0.1, -0.05) is 11.6 Å². The zero-order valence-corrected chi connectivity index (χ0v) is 13.9. The maximum absolute atomic E-state index is 14.1. The van der Waals surface area contributed by atoms with Gasteiger partial charge in [-0.2, -0.15) is 11.8 Å². The Morgan fingerprint density at radius 2 is 2.19 bits per heavy atom. The largest absolute Gasteiger partial charge is 0.392 e. The lowest BCUT2D eigenvalue weighted by atomic mass is 10.2. The molecule has 0 radical (unpaired) electrons. The molecule has 0 amide bonds. The Kier molecular flexibility index (Phi) is 5.54. The van der Waals surface area contributed by atoms with Gasteiger partial charge in [0.2, 0.25) is 10.0 Å². The van der Waals surface area contributed by atoms with Gasteiger partial charge in [-0.25, -0.2) is 17.5 Å². The van der Waals surface area contributed by atoms with E-state index in [2.05, 4.69) is 4.72 Å². The zero-order chi connectivity index (χ0) is 15.6. The van der Waals surface area contributed by atoms with Crippen LogP contribution in [0.15, 0.2) is 17.0 Å². The molecule has 2 atom stereocenters. The second-order valence-corrected chi connectivity index (χ2v) is 8.28. The highest BCUT2D eigenvalue weighted by Gasteiger charge is 2.30. The molecule has 21 heavy (non-hydrogen) atoms. The first kappa shape index (κ1) is 17.0. The van der Waals surface area contributed by atoms with Crippen LogP contribution < -0.4 is 4.72 Å². The molecule has 2 unspecified atom stereocenters. The number of nitrogens with one attached hydrogen (secondary N) is 1. The molecule has 0 saturated heterocycles. The lowest BCUT2D eigenvalue weighted by Crippen LogP contribution is -2.33. The molecule has 8 heteroatoms. The van der Waals surface area contributed by atoms with Gasteiger partial charge < -0.3 is 5.11 Å². The normalized spacial score (nSPS) is 22.7.